The van der Waals surface area contributed by atoms with Gasteiger partial charge in [-0.05, 0) is 18.2 Å². The van der Waals surface area contributed by atoms with Crippen LogP contribution in [0.25, 0.3) is 0 Å². The topological polar surface area (TPSA) is 38.7 Å². The van der Waals surface area contributed by atoms with Crippen LogP contribution in [0.2, 0.25) is 0 Å². The van der Waals surface area contributed by atoms with Crippen molar-refractivity contribution in [2.45, 2.75) is 30.9 Å². The monoisotopic (exact) mass is 262 g/mol. The number of hydrogen-bond acceptors (Lipinski definition) is 3. The molecule has 2 rings (SSSR count). The van der Waals surface area contributed by atoms with Gasteiger partial charge in [0.05, 0.1) is 11.7 Å². The first-order chi connectivity index (χ1) is 8.41. The Kier molecular flexibility index (Phi) is 3.49. The molecule has 0 amide bonds. The fourth-order valence-corrected chi connectivity index (χ4v) is 1.90. The summed E-state index contributed by atoms with van der Waals surface area (Å²) >= 11 is 0. The van der Waals surface area contributed by atoms with E-state index in [4.69, 9.17) is 9.47 Å². The van der Waals surface area contributed by atoms with Gasteiger partial charge in [-0.1, -0.05) is 6.07 Å². The normalized spacial score (nSPS) is 27.7. The molecule has 1 aromatic carbocycles. The highest BCUT2D eigenvalue weighted by Gasteiger charge is 2.42. The maximum Gasteiger partial charge on any atom is 0.416 e. The number of aliphatic hydroxyl groups excluding tert-OH is 1. The van der Waals surface area contributed by atoms with E-state index in [1.807, 2.05) is 0 Å². The molecule has 0 spiro atoms. The van der Waals surface area contributed by atoms with Crippen LogP contribution >= 0.6 is 0 Å². The second kappa shape index (κ2) is 4.78. The summed E-state index contributed by atoms with van der Waals surface area (Å²) in [7, 11) is 1.43. The zero-order chi connectivity index (χ0) is 13.3. The second-order valence-corrected chi connectivity index (χ2v) is 4.19. The van der Waals surface area contributed by atoms with E-state index >= 15 is 0 Å². The molecular weight excluding hydrogens is 249 g/mol. The predicted octanol–water partition coefficient (Wildman–Crippen LogP) is 2.23. The van der Waals surface area contributed by atoms with Crippen LogP contribution in [0.5, 0.6) is 5.75 Å². The third kappa shape index (κ3) is 2.59. The zero-order valence-corrected chi connectivity index (χ0v) is 9.65. The standard InChI is InChI=1S/C12H13F3O3/c1-17-11-9(16)6-10(11)18-8-4-2-3-7(5-8)12(13,14)15/h2-5,9-11,16H,6H2,1H3. The maximum atomic E-state index is 12.5. The van der Waals surface area contributed by atoms with Gasteiger partial charge in [-0.3, -0.25) is 0 Å². The van der Waals surface area contributed by atoms with Crippen molar-refractivity contribution in [3.63, 3.8) is 0 Å². The number of hydrogen-bond donors (Lipinski definition) is 1. The molecule has 1 fully saturated rings. The lowest BCUT2D eigenvalue weighted by molar-refractivity contribution is -0.150. The number of rotatable bonds is 3. The van der Waals surface area contributed by atoms with Crippen molar-refractivity contribution in [2.24, 2.45) is 0 Å². The molecule has 6 heteroatoms. The van der Waals surface area contributed by atoms with Crippen LogP contribution in [0, 0.1) is 0 Å². The lowest BCUT2D eigenvalue weighted by Crippen LogP contribution is -2.54. The van der Waals surface area contributed by atoms with Gasteiger partial charge in [0.2, 0.25) is 0 Å². The van der Waals surface area contributed by atoms with Gasteiger partial charge in [-0.2, -0.15) is 13.2 Å². The second-order valence-electron chi connectivity index (χ2n) is 4.19. The summed E-state index contributed by atoms with van der Waals surface area (Å²) in [6.07, 6.45) is -5.55. The van der Waals surface area contributed by atoms with Gasteiger partial charge in [-0.15, -0.1) is 0 Å². The highest BCUT2D eigenvalue weighted by atomic mass is 19.4. The minimum absolute atomic E-state index is 0.128. The lowest BCUT2D eigenvalue weighted by Gasteiger charge is -2.40. The molecular formula is C12H13F3O3. The van der Waals surface area contributed by atoms with E-state index < -0.39 is 30.1 Å². The van der Waals surface area contributed by atoms with Crippen LogP contribution in [0.1, 0.15) is 12.0 Å². The van der Waals surface area contributed by atoms with Crippen LogP contribution in [0.15, 0.2) is 24.3 Å². The summed E-state index contributed by atoms with van der Waals surface area (Å²) in [4.78, 5) is 0. The number of benzene rings is 1. The molecule has 100 valence electrons. The molecule has 3 nitrogen and oxygen atoms in total. The minimum Gasteiger partial charge on any atom is -0.487 e. The van der Waals surface area contributed by atoms with Gasteiger partial charge in [0.25, 0.3) is 0 Å². The van der Waals surface area contributed by atoms with Crippen molar-refractivity contribution < 1.29 is 27.8 Å². The van der Waals surface area contributed by atoms with E-state index in [1.54, 1.807) is 0 Å². The van der Waals surface area contributed by atoms with Crippen molar-refractivity contribution in [2.75, 3.05) is 7.11 Å². The Morgan fingerprint density at radius 3 is 2.61 bits per heavy atom. The molecule has 1 aromatic rings. The summed E-state index contributed by atoms with van der Waals surface area (Å²) in [5, 5.41) is 9.35. The smallest absolute Gasteiger partial charge is 0.416 e. The molecule has 3 atom stereocenters. The number of alkyl halides is 3. The van der Waals surface area contributed by atoms with Crippen molar-refractivity contribution in [3.05, 3.63) is 29.8 Å². The third-order valence-electron chi connectivity index (χ3n) is 2.94. The van der Waals surface area contributed by atoms with Crippen LogP contribution < -0.4 is 4.74 Å². The summed E-state index contributed by atoms with van der Waals surface area (Å²) in [5.74, 6) is 0.128. The summed E-state index contributed by atoms with van der Waals surface area (Å²) in [6, 6.07) is 4.66. The lowest BCUT2D eigenvalue weighted by atomic mass is 9.88. The molecule has 1 aliphatic rings. The van der Waals surface area contributed by atoms with Crippen LogP contribution in [0.4, 0.5) is 13.2 Å². The van der Waals surface area contributed by atoms with E-state index in [-0.39, 0.29) is 5.75 Å². The number of halogens is 3. The van der Waals surface area contributed by atoms with Gasteiger partial charge in [-0.25, -0.2) is 0 Å². The van der Waals surface area contributed by atoms with Gasteiger partial charge in [0.15, 0.2) is 0 Å². The van der Waals surface area contributed by atoms with Crippen molar-refractivity contribution in [1.82, 2.24) is 0 Å². The number of methoxy groups -OCH3 is 1. The van der Waals surface area contributed by atoms with Crippen molar-refractivity contribution >= 4 is 0 Å². The zero-order valence-electron chi connectivity index (χ0n) is 9.65. The van der Waals surface area contributed by atoms with Gasteiger partial charge in [0, 0.05) is 13.5 Å². The Balaban J connectivity index is 2.07. The van der Waals surface area contributed by atoms with E-state index in [0.29, 0.717) is 6.42 Å². The average Bonchev–Trinajstić information content (AvgIpc) is 2.28. The quantitative estimate of drug-likeness (QED) is 0.907. The fraction of sp³-hybridized carbons (Fsp3) is 0.500. The molecule has 0 saturated heterocycles. The molecule has 0 heterocycles. The van der Waals surface area contributed by atoms with Gasteiger partial charge < -0.3 is 14.6 Å². The van der Waals surface area contributed by atoms with Crippen molar-refractivity contribution in [1.29, 1.82) is 0 Å². The van der Waals surface area contributed by atoms with Crippen LogP contribution in [-0.2, 0) is 10.9 Å². The molecule has 0 bridgehead atoms. The molecule has 0 aliphatic heterocycles. The molecule has 3 unspecified atom stereocenters. The van der Waals surface area contributed by atoms with E-state index in [2.05, 4.69) is 0 Å². The number of aliphatic hydroxyl groups is 1. The summed E-state index contributed by atoms with van der Waals surface area (Å²) < 4.78 is 47.8. The predicted molar refractivity (Wildman–Crippen MR) is 57.3 cm³/mol. The highest BCUT2D eigenvalue weighted by Crippen LogP contribution is 2.33. The first-order valence-corrected chi connectivity index (χ1v) is 5.46. The minimum atomic E-state index is -4.39. The van der Waals surface area contributed by atoms with Gasteiger partial charge in [0.1, 0.15) is 18.0 Å². The van der Waals surface area contributed by atoms with E-state index in [1.165, 1.54) is 19.2 Å². The van der Waals surface area contributed by atoms with E-state index in [9.17, 15) is 18.3 Å². The van der Waals surface area contributed by atoms with Gasteiger partial charge >= 0.3 is 6.18 Å². The molecule has 0 aromatic heterocycles. The Hall–Kier alpha value is -1.27. The molecule has 1 N–H and O–H groups in total. The third-order valence-corrected chi connectivity index (χ3v) is 2.94. The molecule has 18 heavy (non-hydrogen) atoms. The van der Waals surface area contributed by atoms with Crippen LogP contribution in [-0.4, -0.2) is 30.5 Å². The Morgan fingerprint density at radius 1 is 1.33 bits per heavy atom. The summed E-state index contributed by atoms with van der Waals surface area (Å²) in [5.41, 5.74) is -0.756. The van der Waals surface area contributed by atoms with E-state index in [0.717, 1.165) is 12.1 Å². The van der Waals surface area contributed by atoms with Crippen molar-refractivity contribution in [3.8, 4) is 5.75 Å². The Morgan fingerprint density at radius 2 is 2.06 bits per heavy atom. The average molecular weight is 262 g/mol. The molecule has 0 radical (unpaired) electrons. The first-order valence-electron chi connectivity index (χ1n) is 5.46. The Labute approximate surface area is 102 Å². The summed E-state index contributed by atoms with van der Waals surface area (Å²) in [6.45, 7) is 0. The van der Waals surface area contributed by atoms with Crippen LogP contribution in [0.3, 0.4) is 0 Å². The first kappa shape index (κ1) is 13.2. The highest BCUT2D eigenvalue weighted by molar-refractivity contribution is 5.30. The maximum absolute atomic E-state index is 12.5. The Bertz CT molecular complexity index is 419. The SMILES string of the molecule is COC1C(O)CC1Oc1cccc(C(F)(F)F)c1. The largest absolute Gasteiger partial charge is 0.487 e. The number of ether oxygens (including phenoxy) is 2. The molecule has 1 aliphatic carbocycles. The molecule has 1 saturated carbocycles. The fourth-order valence-electron chi connectivity index (χ4n) is 1.90.